The fraction of sp³-hybridized carbons (Fsp3) is 0.150. The molecule has 26 heavy (non-hydrogen) atoms. The Balaban J connectivity index is 1.57. The first-order chi connectivity index (χ1) is 12.6. The Bertz CT molecular complexity index is 882. The molecule has 2 aromatic heterocycles. The Kier molecular flexibility index (Phi) is 5.92. The number of aromatic nitrogens is 2. The van der Waals surface area contributed by atoms with E-state index >= 15 is 0 Å². The maximum Gasteiger partial charge on any atom is 0.220 e. The molecule has 0 aliphatic heterocycles. The number of pyridine rings is 2. The van der Waals surface area contributed by atoms with E-state index in [4.69, 9.17) is 11.6 Å². The molecule has 4 nitrogen and oxygen atoms in total. The van der Waals surface area contributed by atoms with Crippen LogP contribution in [0.25, 0.3) is 11.3 Å². The van der Waals surface area contributed by atoms with Crippen LogP contribution in [0.3, 0.4) is 0 Å². The van der Waals surface area contributed by atoms with E-state index in [1.54, 1.807) is 30.7 Å². The zero-order chi connectivity index (χ0) is 18.4. The molecular formula is C20H17ClFN3O. The van der Waals surface area contributed by atoms with Crippen molar-refractivity contribution in [3.05, 3.63) is 83.0 Å². The molecule has 0 saturated heterocycles. The first-order valence-corrected chi connectivity index (χ1v) is 8.56. The summed E-state index contributed by atoms with van der Waals surface area (Å²) in [5, 5.41) is 3.18. The minimum Gasteiger partial charge on any atom is -0.352 e. The lowest BCUT2D eigenvalue weighted by Gasteiger charge is -2.08. The molecule has 1 aromatic carbocycles. The first-order valence-electron chi connectivity index (χ1n) is 8.18. The second kappa shape index (κ2) is 8.54. The minimum atomic E-state index is -0.388. The summed E-state index contributed by atoms with van der Waals surface area (Å²) in [6, 6.07) is 12.0. The van der Waals surface area contributed by atoms with E-state index in [9.17, 15) is 9.18 Å². The first kappa shape index (κ1) is 18.0. The van der Waals surface area contributed by atoms with Crippen molar-refractivity contribution in [2.24, 2.45) is 0 Å². The average molecular weight is 370 g/mol. The molecule has 0 spiro atoms. The van der Waals surface area contributed by atoms with Crippen molar-refractivity contribution in [1.29, 1.82) is 0 Å². The molecular weight excluding hydrogens is 353 g/mol. The van der Waals surface area contributed by atoms with Crippen LogP contribution < -0.4 is 5.32 Å². The van der Waals surface area contributed by atoms with E-state index < -0.39 is 0 Å². The van der Waals surface area contributed by atoms with Crippen LogP contribution in [0.15, 0.2) is 61.1 Å². The van der Waals surface area contributed by atoms with Gasteiger partial charge < -0.3 is 5.32 Å². The second-order valence-corrected chi connectivity index (χ2v) is 6.18. The standard InChI is InChI=1S/C20H17ClFN3O/c21-17-4-1-5-18(22)16(17)6-7-20(26)25-12-14-8-10-24-19(11-14)15-3-2-9-23-13-15/h1-5,8-11,13H,6-7,12H2,(H,25,26). The van der Waals surface area contributed by atoms with Gasteiger partial charge in [0.15, 0.2) is 0 Å². The van der Waals surface area contributed by atoms with E-state index in [-0.39, 0.29) is 24.6 Å². The summed E-state index contributed by atoms with van der Waals surface area (Å²) in [6.45, 7) is 0.375. The fourth-order valence-electron chi connectivity index (χ4n) is 2.56. The predicted octanol–water partition coefficient (Wildman–Crippen LogP) is 4.19. The van der Waals surface area contributed by atoms with Crippen molar-refractivity contribution in [2.75, 3.05) is 0 Å². The second-order valence-electron chi connectivity index (χ2n) is 5.77. The number of carbonyl (C=O) groups is 1. The lowest BCUT2D eigenvalue weighted by Crippen LogP contribution is -2.23. The monoisotopic (exact) mass is 369 g/mol. The van der Waals surface area contributed by atoms with Crippen molar-refractivity contribution in [3.63, 3.8) is 0 Å². The highest BCUT2D eigenvalue weighted by atomic mass is 35.5. The largest absolute Gasteiger partial charge is 0.352 e. The number of carbonyl (C=O) groups excluding carboxylic acids is 1. The Morgan fingerprint density at radius 1 is 1.15 bits per heavy atom. The summed E-state index contributed by atoms with van der Waals surface area (Å²) >= 11 is 5.98. The molecule has 3 aromatic rings. The predicted molar refractivity (Wildman–Crippen MR) is 99.0 cm³/mol. The molecule has 1 N–H and O–H groups in total. The van der Waals surface area contributed by atoms with Crippen LogP contribution in [-0.4, -0.2) is 15.9 Å². The lowest BCUT2D eigenvalue weighted by atomic mass is 10.1. The molecule has 0 radical (unpaired) electrons. The van der Waals surface area contributed by atoms with Gasteiger partial charge in [-0.25, -0.2) is 4.39 Å². The number of nitrogens with one attached hydrogen (secondary N) is 1. The van der Waals surface area contributed by atoms with E-state index in [2.05, 4.69) is 15.3 Å². The highest BCUT2D eigenvalue weighted by Crippen LogP contribution is 2.20. The van der Waals surface area contributed by atoms with Gasteiger partial charge in [-0.1, -0.05) is 17.7 Å². The third-order valence-electron chi connectivity index (χ3n) is 3.94. The smallest absolute Gasteiger partial charge is 0.220 e. The van der Waals surface area contributed by atoms with Gasteiger partial charge in [0.1, 0.15) is 5.82 Å². The SMILES string of the molecule is O=C(CCc1c(F)cccc1Cl)NCc1ccnc(-c2cccnc2)c1. The van der Waals surface area contributed by atoms with Gasteiger partial charge in [0.05, 0.1) is 5.69 Å². The maximum atomic E-state index is 13.7. The van der Waals surface area contributed by atoms with E-state index in [0.29, 0.717) is 17.1 Å². The van der Waals surface area contributed by atoms with Crippen LogP contribution in [0.1, 0.15) is 17.5 Å². The molecule has 0 atom stereocenters. The molecule has 132 valence electrons. The molecule has 1 amide bonds. The normalized spacial score (nSPS) is 10.5. The van der Waals surface area contributed by atoms with Gasteiger partial charge in [-0.05, 0) is 48.4 Å². The van der Waals surface area contributed by atoms with Gasteiger partial charge in [0.25, 0.3) is 0 Å². The topological polar surface area (TPSA) is 54.9 Å². The zero-order valence-electron chi connectivity index (χ0n) is 14.0. The number of hydrogen-bond donors (Lipinski definition) is 1. The van der Waals surface area contributed by atoms with Crippen LogP contribution in [0.4, 0.5) is 4.39 Å². The number of hydrogen-bond acceptors (Lipinski definition) is 3. The van der Waals surface area contributed by atoms with Gasteiger partial charge in [0, 0.05) is 47.7 Å². The van der Waals surface area contributed by atoms with Gasteiger partial charge in [-0.2, -0.15) is 0 Å². The summed E-state index contributed by atoms with van der Waals surface area (Å²) < 4.78 is 13.7. The summed E-state index contributed by atoms with van der Waals surface area (Å²) in [4.78, 5) is 20.5. The van der Waals surface area contributed by atoms with Crippen molar-refractivity contribution in [2.45, 2.75) is 19.4 Å². The Morgan fingerprint density at radius 3 is 2.81 bits per heavy atom. The van der Waals surface area contributed by atoms with E-state index in [1.165, 1.54) is 6.07 Å². The quantitative estimate of drug-likeness (QED) is 0.709. The number of amides is 1. The Labute approximate surface area is 156 Å². The number of rotatable bonds is 6. The highest BCUT2D eigenvalue weighted by Gasteiger charge is 2.10. The highest BCUT2D eigenvalue weighted by molar-refractivity contribution is 6.31. The van der Waals surface area contributed by atoms with Crippen LogP contribution in [0, 0.1) is 5.82 Å². The fourth-order valence-corrected chi connectivity index (χ4v) is 2.81. The minimum absolute atomic E-state index is 0.163. The average Bonchev–Trinajstić information content (AvgIpc) is 2.67. The third-order valence-corrected chi connectivity index (χ3v) is 4.29. The Hall–Kier alpha value is -2.79. The molecule has 2 heterocycles. The van der Waals surface area contributed by atoms with E-state index in [0.717, 1.165) is 16.8 Å². The van der Waals surface area contributed by atoms with Crippen LogP contribution in [0.2, 0.25) is 5.02 Å². The van der Waals surface area contributed by atoms with Crippen LogP contribution >= 0.6 is 11.6 Å². The van der Waals surface area contributed by atoms with Gasteiger partial charge in [-0.3, -0.25) is 14.8 Å². The summed E-state index contributed by atoms with van der Waals surface area (Å²) in [5.41, 5.74) is 3.00. The molecule has 6 heteroatoms. The van der Waals surface area contributed by atoms with Gasteiger partial charge in [-0.15, -0.1) is 0 Å². The molecule has 3 rings (SSSR count). The molecule has 0 saturated carbocycles. The molecule has 0 aliphatic rings. The van der Waals surface area contributed by atoms with Crippen LogP contribution in [0.5, 0.6) is 0 Å². The maximum absolute atomic E-state index is 13.7. The number of benzene rings is 1. The van der Waals surface area contributed by atoms with Crippen molar-refractivity contribution < 1.29 is 9.18 Å². The summed E-state index contributed by atoms with van der Waals surface area (Å²) in [6.07, 6.45) is 5.57. The van der Waals surface area contributed by atoms with Crippen LogP contribution in [-0.2, 0) is 17.8 Å². The molecule has 0 bridgehead atoms. The van der Waals surface area contributed by atoms with Crippen molar-refractivity contribution in [1.82, 2.24) is 15.3 Å². The number of halogens is 2. The van der Waals surface area contributed by atoms with Crippen molar-refractivity contribution >= 4 is 17.5 Å². The number of nitrogens with zero attached hydrogens (tertiary/aromatic N) is 2. The van der Waals surface area contributed by atoms with Gasteiger partial charge in [0.2, 0.25) is 5.91 Å². The summed E-state index contributed by atoms with van der Waals surface area (Å²) in [5.74, 6) is -0.551. The summed E-state index contributed by atoms with van der Waals surface area (Å²) in [7, 11) is 0. The Morgan fingerprint density at radius 2 is 2.04 bits per heavy atom. The zero-order valence-corrected chi connectivity index (χ0v) is 14.7. The third kappa shape index (κ3) is 4.64. The van der Waals surface area contributed by atoms with Gasteiger partial charge >= 0.3 is 0 Å². The van der Waals surface area contributed by atoms with Crippen molar-refractivity contribution in [3.8, 4) is 11.3 Å². The molecule has 0 unspecified atom stereocenters. The molecule has 0 aliphatic carbocycles. The molecule has 0 fully saturated rings. The van der Waals surface area contributed by atoms with E-state index in [1.807, 2.05) is 24.3 Å². The lowest BCUT2D eigenvalue weighted by molar-refractivity contribution is -0.121.